The van der Waals surface area contributed by atoms with E-state index in [4.69, 9.17) is 0 Å². The Balaban J connectivity index is 2.29. The zero-order chi connectivity index (χ0) is 15.1. The van der Waals surface area contributed by atoms with Crippen molar-refractivity contribution in [1.29, 1.82) is 0 Å². The molecule has 1 aliphatic rings. The Bertz CT molecular complexity index is 380. The Morgan fingerprint density at radius 2 is 1.57 bits per heavy atom. The van der Waals surface area contributed by atoms with Gasteiger partial charge in [0.15, 0.2) is 0 Å². The van der Waals surface area contributed by atoms with Gasteiger partial charge in [0.2, 0.25) is 0 Å². The van der Waals surface area contributed by atoms with Crippen molar-refractivity contribution in [3.05, 3.63) is 35.9 Å². The van der Waals surface area contributed by atoms with Crippen LogP contribution in [-0.4, -0.2) is 0 Å². The van der Waals surface area contributed by atoms with Gasteiger partial charge in [-0.05, 0) is 48.5 Å². The van der Waals surface area contributed by atoms with E-state index in [0.29, 0.717) is 5.41 Å². The van der Waals surface area contributed by atoms with Gasteiger partial charge in [-0.2, -0.15) is 0 Å². The highest BCUT2D eigenvalue weighted by Gasteiger charge is 2.41. The van der Waals surface area contributed by atoms with Gasteiger partial charge in [0, 0.05) is 0 Å². The Morgan fingerprint density at radius 1 is 0.905 bits per heavy atom. The highest BCUT2D eigenvalue weighted by Crippen LogP contribution is 2.53. The highest BCUT2D eigenvalue weighted by molar-refractivity contribution is 5.21. The molecule has 1 fully saturated rings. The first-order valence-electron chi connectivity index (χ1n) is 9.32. The molecule has 118 valence electrons. The monoisotopic (exact) mass is 286 g/mol. The summed E-state index contributed by atoms with van der Waals surface area (Å²) in [4.78, 5) is 0. The van der Waals surface area contributed by atoms with Crippen molar-refractivity contribution in [1.82, 2.24) is 0 Å². The van der Waals surface area contributed by atoms with Crippen LogP contribution in [0.15, 0.2) is 30.3 Å². The molecule has 0 aliphatic heterocycles. The average molecular weight is 287 g/mol. The molecule has 0 heterocycles. The highest BCUT2D eigenvalue weighted by atomic mass is 14.5. The molecule has 2 unspecified atom stereocenters. The van der Waals surface area contributed by atoms with Crippen LogP contribution >= 0.6 is 0 Å². The van der Waals surface area contributed by atoms with Crippen LogP contribution in [0, 0.1) is 11.3 Å². The van der Waals surface area contributed by atoms with Crippen molar-refractivity contribution >= 4 is 0 Å². The fraction of sp³-hybridized carbons (Fsp3) is 0.714. The lowest BCUT2D eigenvalue weighted by Crippen LogP contribution is -2.36. The van der Waals surface area contributed by atoms with Gasteiger partial charge in [-0.15, -0.1) is 0 Å². The van der Waals surface area contributed by atoms with Crippen molar-refractivity contribution in [3.8, 4) is 0 Å². The molecule has 0 amide bonds. The minimum Gasteiger partial charge on any atom is -0.0654 e. The second-order valence-electron chi connectivity index (χ2n) is 7.11. The number of hydrogen-bond donors (Lipinski definition) is 0. The molecule has 0 spiro atoms. The SMILES string of the molecule is CCCC1(C(CC)C(CC)c2ccccc2)CCCCC1. The quantitative estimate of drug-likeness (QED) is 0.508. The van der Waals surface area contributed by atoms with Gasteiger partial charge < -0.3 is 0 Å². The van der Waals surface area contributed by atoms with Crippen molar-refractivity contribution in [3.63, 3.8) is 0 Å². The molecular formula is C21H34. The van der Waals surface area contributed by atoms with E-state index in [2.05, 4.69) is 51.1 Å². The molecule has 1 aliphatic carbocycles. The molecule has 21 heavy (non-hydrogen) atoms. The number of hydrogen-bond acceptors (Lipinski definition) is 0. The van der Waals surface area contributed by atoms with E-state index in [0.717, 1.165) is 11.8 Å². The predicted octanol–water partition coefficient (Wildman–Crippen LogP) is 6.96. The van der Waals surface area contributed by atoms with E-state index < -0.39 is 0 Å². The van der Waals surface area contributed by atoms with Gasteiger partial charge in [0.1, 0.15) is 0 Å². The van der Waals surface area contributed by atoms with Crippen molar-refractivity contribution < 1.29 is 0 Å². The predicted molar refractivity (Wildman–Crippen MR) is 93.7 cm³/mol. The summed E-state index contributed by atoms with van der Waals surface area (Å²) < 4.78 is 0. The largest absolute Gasteiger partial charge is 0.0654 e. The van der Waals surface area contributed by atoms with Gasteiger partial charge in [0.25, 0.3) is 0 Å². The topological polar surface area (TPSA) is 0 Å². The summed E-state index contributed by atoms with van der Waals surface area (Å²) in [5.41, 5.74) is 2.20. The van der Waals surface area contributed by atoms with Gasteiger partial charge in [-0.3, -0.25) is 0 Å². The first-order valence-corrected chi connectivity index (χ1v) is 9.32. The zero-order valence-corrected chi connectivity index (χ0v) is 14.4. The summed E-state index contributed by atoms with van der Waals surface area (Å²) in [6.07, 6.45) is 12.7. The third kappa shape index (κ3) is 3.71. The number of benzene rings is 1. The van der Waals surface area contributed by atoms with Crippen LogP contribution < -0.4 is 0 Å². The van der Waals surface area contributed by atoms with Crippen molar-refractivity contribution in [2.75, 3.05) is 0 Å². The van der Waals surface area contributed by atoms with Crippen molar-refractivity contribution in [2.45, 2.75) is 84.5 Å². The standard InChI is InChI=1S/C21H34/c1-4-15-21(16-11-8-12-17-21)20(6-3)19(5-2)18-13-9-7-10-14-18/h7,9-10,13-14,19-20H,4-6,8,11-12,15-17H2,1-3H3. The minimum atomic E-state index is 0.623. The van der Waals surface area contributed by atoms with Crippen LogP contribution in [0.3, 0.4) is 0 Å². The third-order valence-electron chi connectivity index (χ3n) is 5.98. The van der Waals surface area contributed by atoms with Crippen LogP contribution in [0.25, 0.3) is 0 Å². The second kappa shape index (κ2) is 8.01. The summed E-state index contributed by atoms with van der Waals surface area (Å²) in [5, 5.41) is 0. The van der Waals surface area contributed by atoms with Crippen molar-refractivity contribution in [2.24, 2.45) is 11.3 Å². The Morgan fingerprint density at radius 3 is 2.10 bits per heavy atom. The van der Waals surface area contributed by atoms with Crippen LogP contribution in [0.1, 0.15) is 90.0 Å². The van der Waals surface area contributed by atoms with Gasteiger partial charge in [-0.1, -0.05) is 83.2 Å². The summed E-state index contributed by atoms with van der Waals surface area (Å²) >= 11 is 0. The first kappa shape index (κ1) is 16.6. The smallest absolute Gasteiger partial charge is 0.0131 e. The normalized spacial score (nSPS) is 20.9. The van der Waals surface area contributed by atoms with E-state index in [1.54, 1.807) is 5.56 Å². The molecule has 0 saturated heterocycles. The summed E-state index contributed by atoms with van der Waals surface area (Å²) in [6.45, 7) is 7.21. The molecule has 0 radical (unpaired) electrons. The van der Waals surface area contributed by atoms with E-state index >= 15 is 0 Å². The molecule has 0 heteroatoms. The van der Waals surface area contributed by atoms with Gasteiger partial charge >= 0.3 is 0 Å². The van der Waals surface area contributed by atoms with Crippen LogP contribution in [0.2, 0.25) is 0 Å². The molecular weight excluding hydrogens is 252 g/mol. The third-order valence-corrected chi connectivity index (χ3v) is 5.98. The average Bonchev–Trinajstić information content (AvgIpc) is 2.54. The molecule has 1 aromatic carbocycles. The van der Waals surface area contributed by atoms with Gasteiger partial charge in [-0.25, -0.2) is 0 Å². The maximum atomic E-state index is 2.43. The summed E-state index contributed by atoms with van der Waals surface area (Å²) in [7, 11) is 0. The fourth-order valence-electron chi connectivity index (χ4n) is 5.16. The molecule has 1 aromatic rings. The lowest BCUT2D eigenvalue weighted by atomic mass is 9.58. The van der Waals surface area contributed by atoms with E-state index in [1.807, 2.05) is 0 Å². The maximum absolute atomic E-state index is 2.43. The van der Waals surface area contributed by atoms with E-state index in [1.165, 1.54) is 57.8 Å². The lowest BCUT2D eigenvalue weighted by molar-refractivity contribution is 0.0591. The number of rotatable bonds is 7. The summed E-state index contributed by atoms with van der Waals surface area (Å²) in [5.74, 6) is 1.62. The van der Waals surface area contributed by atoms with E-state index in [-0.39, 0.29) is 0 Å². The zero-order valence-electron chi connectivity index (χ0n) is 14.4. The molecule has 2 atom stereocenters. The van der Waals surface area contributed by atoms with Gasteiger partial charge in [0.05, 0.1) is 0 Å². The van der Waals surface area contributed by atoms with Crippen LogP contribution in [0.4, 0.5) is 0 Å². The molecule has 0 nitrogen and oxygen atoms in total. The maximum Gasteiger partial charge on any atom is -0.0131 e. The molecule has 2 rings (SSSR count). The second-order valence-corrected chi connectivity index (χ2v) is 7.11. The Hall–Kier alpha value is -0.780. The molecule has 0 aromatic heterocycles. The Kier molecular flexibility index (Phi) is 6.33. The molecule has 1 saturated carbocycles. The molecule has 0 bridgehead atoms. The lowest BCUT2D eigenvalue weighted by Gasteiger charge is -2.47. The first-order chi connectivity index (χ1) is 10.3. The van der Waals surface area contributed by atoms with Crippen LogP contribution in [0.5, 0.6) is 0 Å². The summed E-state index contributed by atoms with van der Waals surface area (Å²) in [6, 6.07) is 11.3. The minimum absolute atomic E-state index is 0.623. The van der Waals surface area contributed by atoms with E-state index in [9.17, 15) is 0 Å². The Labute approximate surface area is 132 Å². The molecule has 0 N–H and O–H groups in total. The fourth-order valence-corrected chi connectivity index (χ4v) is 5.16. The van der Waals surface area contributed by atoms with Crippen LogP contribution in [-0.2, 0) is 0 Å².